The first-order valence-corrected chi connectivity index (χ1v) is 7.72. The highest BCUT2D eigenvalue weighted by Gasteiger charge is 2.42. The zero-order valence-electron chi connectivity index (χ0n) is 13.7. The van der Waals surface area contributed by atoms with Crippen LogP contribution in [0.1, 0.15) is 35.3 Å². The number of pyridine rings is 1. The Hall–Kier alpha value is -2.91. The Morgan fingerprint density at radius 2 is 2.04 bits per heavy atom. The third-order valence-electron chi connectivity index (χ3n) is 4.27. The summed E-state index contributed by atoms with van der Waals surface area (Å²) < 4.78 is 47.8. The number of benzene rings is 1. The van der Waals surface area contributed by atoms with E-state index >= 15 is 0 Å². The molecule has 10 heteroatoms. The van der Waals surface area contributed by atoms with Gasteiger partial charge in [0.1, 0.15) is 17.1 Å². The molecule has 0 radical (unpaired) electrons. The molecule has 1 fully saturated rings. The van der Waals surface area contributed by atoms with Crippen molar-refractivity contribution in [1.29, 1.82) is 0 Å². The number of rotatable bonds is 4. The van der Waals surface area contributed by atoms with Gasteiger partial charge >= 0.3 is 11.7 Å². The zero-order chi connectivity index (χ0) is 19.3. The second-order valence-electron chi connectivity index (χ2n) is 5.90. The summed E-state index contributed by atoms with van der Waals surface area (Å²) >= 11 is 0. The fraction of sp³-hybridized carbons (Fsp3) is 0.375. The minimum absolute atomic E-state index is 0.0203. The average Bonchev–Trinajstić information content (AvgIpc) is 3.30. The maximum Gasteiger partial charge on any atom is 0.343 e. The molecule has 2 unspecified atom stereocenters. The van der Waals surface area contributed by atoms with Crippen LogP contribution in [0.15, 0.2) is 11.0 Å². The summed E-state index contributed by atoms with van der Waals surface area (Å²) in [5.41, 5.74) is -3.84. The van der Waals surface area contributed by atoms with Gasteiger partial charge in [-0.3, -0.25) is 14.9 Å². The van der Waals surface area contributed by atoms with E-state index in [0.717, 1.165) is 17.7 Å². The van der Waals surface area contributed by atoms with Crippen molar-refractivity contribution < 1.29 is 27.6 Å². The Balaban J connectivity index is 2.53. The van der Waals surface area contributed by atoms with Crippen LogP contribution in [0.3, 0.4) is 0 Å². The van der Waals surface area contributed by atoms with Gasteiger partial charge in [0.25, 0.3) is 0 Å². The molecule has 2 aromatic rings. The first-order valence-electron chi connectivity index (χ1n) is 7.72. The maximum absolute atomic E-state index is 14.2. The SMILES string of the molecule is CCOC(=O)c1cn(C2CC2F)c2c(C)c(F)c(F)c([N+](=O)[O-])c2c1=O. The highest BCUT2D eigenvalue weighted by molar-refractivity contribution is 5.98. The highest BCUT2D eigenvalue weighted by Crippen LogP contribution is 2.43. The Morgan fingerprint density at radius 1 is 1.42 bits per heavy atom. The first-order chi connectivity index (χ1) is 12.2. The molecule has 1 heterocycles. The van der Waals surface area contributed by atoms with Crippen molar-refractivity contribution in [1.82, 2.24) is 4.57 Å². The molecule has 26 heavy (non-hydrogen) atoms. The number of hydrogen-bond acceptors (Lipinski definition) is 5. The number of aryl methyl sites for hydroxylation is 1. The van der Waals surface area contributed by atoms with Crippen LogP contribution in [0, 0.1) is 28.7 Å². The molecule has 1 aliphatic rings. The molecule has 2 atom stereocenters. The summed E-state index contributed by atoms with van der Waals surface area (Å²) in [6.07, 6.45) is -0.324. The molecule has 0 amide bonds. The molecule has 0 aliphatic heterocycles. The number of esters is 1. The minimum atomic E-state index is -1.81. The van der Waals surface area contributed by atoms with Crippen molar-refractivity contribution >= 4 is 22.6 Å². The number of carbonyl (C=O) groups is 1. The number of nitrogens with zero attached hydrogens (tertiary/aromatic N) is 2. The standard InChI is InChI=1S/C16H13F3N2O5/c1-3-26-16(23)7-5-20(9-4-8(9)17)13-6(2)11(18)12(19)14(21(24)25)10(13)15(7)22/h5,8-9H,3-4H2,1-2H3. The van der Waals surface area contributed by atoms with E-state index in [1.54, 1.807) is 0 Å². The number of nitro groups is 1. The normalized spacial score (nSPS) is 18.8. The fourth-order valence-electron chi connectivity index (χ4n) is 2.94. The van der Waals surface area contributed by atoms with E-state index in [9.17, 15) is 32.9 Å². The quantitative estimate of drug-likeness (QED) is 0.469. The van der Waals surface area contributed by atoms with Crippen LogP contribution < -0.4 is 5.43 Å². The third-order valence-corrected chi connectivity index (χ3v) is 4.27. The molecular weight excluding hydrogens is 357 g/mol. The van der Waals surface area contributed by atoms with Gasteiger partial charge in [-0.2, -0.15) is 4.39 Å². The number of hydrogen-bond donors (Lipinski definition) is 0. The summed E-state index contributed by atoms with van der Waals surface area (Å²) in [4.78, 5) is 34.7. The lowest BCUT2D eigenvalue weighted by molar-refractivity contribution is -0.386. The Bertz CT molecular complexity index is 1020. The molecule has 1 aromatic heterocycles. The van der Waals surface area contributed by atoms with Crippen molar-refractivity contribution in [3.05, 3.63) is 49.3 Å². The second-order valence-corrected chi connectivity index (χ2v) is 5.90. The van der Waals surface area contributed by atoms with Crippen LogP contribution >= 0.6 is 0 Å². The lowest BCUT2D eigenvalue weighted by Crippen LogP contribution is -2.23. The van der Waals surface area contributed by atoms with E-state index in [2.05, 4.69) is 0 Å². The van der Waals surface area contributed by atoms with Crippen molar-refractivity contribution in [2.45, 2.75) is 32.5 Å². The maximum atomic E-state index is 14.2. The summed E-state index contributed by atoms with van der Waals surface area (Å²) in [5, 5.41) is 10.5. The van der Waals surface area contributed by atoms with E-state index in [1.165, 1.54) is 6.92 Å². The molecular formula is C16H13F3N2O5. The van der Waals surface area contributed by atoms with Crippen LogP contribution in [0.2, 0.25) is 0 Å². The van der Waals surface area contributed by atoms with E-state index in [4.69, 9.17) is 4.74 Å². The summed E-state index contributed by atoms with van der Waals surface area (Å²) in [5.74, 6) is -4.39. The second kappa shape index (κ2) is 6.11. The number of carbonyl (C=O) groups excluding carboxylic acids is 1. The number of ether oxygens (including phenoxy) is 1. The molecule has 0 N–H and O–H groups in total. The number of aromatic nitrogens is 1. The van der Waals surface area contributed by atoms with Crippen molar-refractivity contribution in [2.75, 3.05) is 6.61 Å². The predicted octanol–water partition coefficient (Wildman–Crippen LogP) is 2.96. The molecule has 138 valence electrons. The monoisotopic (exact) mass is 370 g/mol. The molecule has 0 bridgehead atoms. The average molecular weight is 370 g/mol. The van der Waals surface area contributed by atoms with Gasteiger partial charge in [0, 0.05) is 18.2 Å². The summed E-state index contributed by atoms with van der Waals surface area (Å²) in [6.45, 7) is 2.53. The Labute approximate surface area is 144 Å². The molecule has 0 saturated heterocycles. The first kappa shape index (κ1) is 17.9. The van der Waals surface area contributed by atoms with Crippen molar-refractivity contribution in [3.8, 4) is 0 Å². The van der Waals surface area contributed by atoms with Gasteiger partial charge < -0.3 is 9.30 Å². The van der Waals surface area contributed by atoms with Crippen LogP contribution in [-0.2, 0) is 4.74 Å². The van der Waals surface area contributed by atoms with Gasteiger partial charge in [-0.25, -0.2) is 13.6 Å². The summed E-state index contributed by atoms with van der Waals surface area (Å²) in [6, 6.07) is -0.838. The van der Waals surface area contributed by atoms with Crippen molar-refractivity contribution in [2.24, 2.45) is 0 Å². The number of alkyl halides is 1. The van der Waals surface area contributed by atoms with E-state index in [1.807, 2.05) is 0 Å². The third kappa shape index (κ3) is 2.52. The number of fused-ring (bicyclic) bond motifs is 1. The Kier molecular flexibility index (Phi) is 4.21. The predicted molar refractivity (Wildman–Crippen MR) is 84.0 cm³/mol. The molecule has 1 aliphatic carbocycles. The Morgan fingerprint density at radius 3 is 2.54 bits per heavy atom. The van der Waals surface area contributed by atoms with Gasteiger partial charge in [-0.05, 0) is 13.8 Å². The molecule has 3 rings (SSSR count). The van der Waals surface area contributed by atoms with E-state index in [-0.39, 0.29) is 24.1 Å². The van der Waals surface area contributed by atoms with E-state index in [0.29, 0.717) is 0 Å². The largest absolute Gasteiger partial charge is 0.462 e. The van der Waals surface area contributed by atoms with Crippen LogP contribution in [0.4, 0.5) is 18.9 Å². The summed E-state index contributed by atoms with van der Waals surface area (Å²) in [7, 11) is 0. The van der Waals surface area contributed by atoms with Crippen LogP contribution in [0.5, 0.6) is 0 Å². The van der Waals surface area contributed by atoms with Gasteiger partial charge in [-0.15, -0.1) is 0 Å². The number of halogens is 3. The molecule has 0 spiro atoms. The van der Waals surface area contributed by atoms with Gasteiger partial charge in [0.15, 0.2) is 5.82 Å². The van der Waals surface area contributed by atoms with Crippen molar-refractivity contribution in [3.63, 3.8) is 0 Å². The highest BCUT2D eigenvalue weighted by atomic mass is 19.2. The smallest absolute Gasteiger partial charge is 0.343 e. The lowest BCUT2D eigenvalue weighted by Gasteiger charge is -2.15. The van der Waals surface area contributed by atoms with Gasteiger partial charge in [-0.1, -0.05) is 0 Å². The topological polar surface area (TPSA) is 91.4 Å². The van der Waals surface area contributed by atoms with Gasteiger partial charge in [0.05, 0.1) is 23.1 Å². The van der Waals surface area contributed by atoms with Gasteiger partial charge in [0.2, 0.25) is 11.2 Å². The molecule has 1 saturated carbocycles. The molecule has 7 nitrogen and oxygen atoms in total. The lowest BCUT2D eigenvalue weighted by atomic mass is 10.0. The van der Waals surface area contributed by atoms with E-state index < -0.39 is 56.8 Å². The fourth-order valence-corrected chi connectivity index (χ4v) is 2.94. The van der Waals surface area contributed by atoms with Crippen LogP contribution in [0.25, 0.3) is 10.9 Å². The zero-order valence-corrected chi connectivity index (χ0v) is 13.7. The number of nitro benzene ring substituents is 1. The van der Waals surface area contributed by atoms with Crippen LogP contribution in [-0.4, -0.2) is 28.2 Å². The minimum Gasteiger partial charge on any atom is -0.462 e. The molecule has 1 aromatic carbocycles.